The van der Waals surface area contributed by atoms with E-state index in [9.17, 15) is 0 Å². The molecule has 0 spiro atoms. The van der Waals surface area contributed by atoms with Crippen LogP contribution < -0.4 is 10.1 Å². The average molecular weight is 261 g/mol. The first-order valence-electron chi connectivity index (χ1n) is 7.40. The van der Waals surface area contributed by atoms with Crippen LogP contribution in [0, 0.1) is 0 Å². The zero-order valence-electron chi connectivity index (χ0n) is 12.2. The van der Waals surface area contributed by atoms with E-state index in [1.54, 1.807) is 0 Å². The van der Waals surface area contributed by atoms with Crippen LogP contribution in [-0.2, 0) is 6.42 Å². The monoisotopic (exact) mass is 261 g/mol. The maximum atomic E-state index is 5.81. The molecule has 2 nitrogen and oxygen atoms in total. The molecule has 0 aromatic heterocycles. The first-order chi connectivity index (χ1) is 9.38. The van der Waals surface area contributed by atoms with Gasteiger partial charge in [-0.15, -0.1) is 6.58 Å². The topological polar surface area (TPSA) is 21.3 Å². The van der Waals surface area contributed by atoms with Crippen LogP contribution in [0.4, 0.5) is 0 Å². The van der Waals surface area contributed by atoms with Crippen LogP contribution in [0.3, 0.4) is 0 Å². The highest BCUT2D eigenvalue weighted by molar-refractivity contribution is 5.34. The molecule has 0 unspecified atom stereocenters. The predicted octanol–water partition coefficient (Wildman–Crippen LogP) is 3.96. The molecule has 1 N–H and O–H groups in total. The Bertz CT molecular complexity index is 349. The summed E-state index contributed by atoms with van der Waals surface area (Å²) >= 11 is 0. The first kappa shape index (κ1) is 15.8. The van der Waals surface area contributed by atoms with E-state index in [1.807, 2.05) is 24.3 Å². The minimum absolute atomic E-state index is 0.724. The van der Waals surface area contributed by atoms with Gasteiger partial charge < -0.3 is 10.1 Å². The molecule has 1 rings (SSSR count). The fourth-order valence-corrected chi connectivity index (χ4v) is 2.00. The Morgan fingerprint density at radius 2 is 2.00 bits per heavy atom. The number of rotatable bonds is 11. The molecule has 0 atom stereocenters. The van der Waals surface area contributed by atoms with Crippen molar-refractivity contribution in [2.75, 3.05) is 19.7 Å². The summed E-state index contributed by atoms with van der Waals surface area (Å²) in [6.45, 7) is 8.74. The summed E-state index contributed by atoms with van der Waals surface area (Å²) in [6.07, 6.45) is 8.00. The zero-order valence-corrected chi connectivity index (χ0v) is 12.2. The first-order valence-corrected chi connectivity index (χ1v) is 7.40. The van der Waals surface area contributed by atoms with Crippen molar-refractivity contribution < 1.29 is 4.74 Å². The van der Waals surface area contributed by atoms with E-state index in [1.165, 1.54) is 31.2 Å². The molecule has 0 fully saturated rings. The molecule has 0 bridgehead atoms. The third-order valence-electron chi connectivity index (χ3n) is 3.08. The summed E-state index contributed by atoms with van der Waals surface area (Å²) in [5.74, 6) is 0.982. The minimum atomic E-state index is 0.724. The fourth-order valence-electron chi connectivity index (χ4n) is 2.00. The second-order valence-corrected chi connectivity index (χ2v) is 4.76. The van der Waals surface area contributed by atoms with Crippen molar-refractivity contribution in [2.24, 2.45) is 0 Å². The van der Waals surface area contributed by atoms with E-state index in [4.69, 9.17) is 4.74 Å². The molecule has 1 aromatic carbocycles. The van der Waals surface area contributed by atoms with Crippen molar-refractivity contribution in [3.63, 3.8) is 0 Å². The minimum Gasteiger partial charge on any atom is -0.492 e. The molecule has 1 aromatic rings. The van der Waals surface area contributed by atoms with E-state index < -0.39 is 0 Å². The highest BCUT2D eigenvalue weighted by Crippen LogP contribution is 2.18. The number of unbranched alkanes of at least 4 members (excludes halogenated alkanes) is 3. The summed E-state index contributed by atoms with van der Waals surface area (Å²) in [5.41, 5.74) is 1.21. The van der Waals surface area contributed by atoms with Gasteiger partial charge in [-0.25, -0.2) is 0 Å². The lowest BCUT2D eigenvalue weighted by Crippen LogP contribution is -2.22. The zero-order chi connectivity index (χ0) is 13.8. The van der Waals surface area contributed by atoms with Crippen LogP contribution >= 0.6 is 0 Å². The number of hydrogen-bond acceptors (Lipinski definition) is 2. The van der Waals surface area contributed by atoms with Gasteiger partial charge in [0.15, 0.2) is 0 Å². The van der Waals surface area contributed by atoms with E-state index in [0.29, 0.717) is 0 Å². The number of ether oxygens (including phenoxy) is 1. The highest BCUT2D eigenvalue weighted by atomic mass is 16.5. The van der Waals surface area contributed by atoms with Gasteiger partial charge in [-0.05, 0) is 31.0 Å². The van der Waals surface area contributed by atoms with Crippen molar-refractivity contribution in [1.29, 1.82) is 0 Å². The number of nitrogens with one attached hydrogen (secondary N) is 1. The molecule has 0 aliphatic carbocycles. The van der Waals surface area contributed by atoms with E-state index in [-0.39, 0.29) is 0 Å². The SMILES string of the molecule is C=CCc1ccccc1OCCNCCCCCC. The molecule has 0 heterocycles. The predicted molar refractivity (Wildman–Crippen MR) is 82.8 cm³/mol. The van der Waals surface area contributed by atoms with Gasteiger partial charge in [-0.2, -0.15) is 0 Å². The molecule has 0 saturated heterocycles. The van der Waals surface area contributed by atoms with Crippen molar-refractivity contribution in [3.8, 4) is 5.75 Å². The summed E-state index contributed by atoms with van der Waals surface area (Å²) < 4.78 is 5.81. The maximum absolute atomic E-state index is 5.81. The van der Waals surface area contributed by atoms with Gasteiger partial charge in [0.25, 0.3) is 0 Å². The normalized spacial score (nSPS) is 10.4. The van der Waals surface area contributed by atoms with E-state index in [2.05, 4.69) is 24.9 Å². The third kappa shape index (κ3) is 7.02. The second kappa shape index (κ2) is 10.6. The molecule has 0 aliphatic heterocycles. The van der Waals surface area contributed by atoms with Crippen molar-refractivity contribution >= 4 is 0 Å². The van der Waals surface area contributed by atoms with Crippen LogP contribution in [0.2, 0.25) is 0 Å². The van der Waals surface area contributed by atoms with Crippen LogP contribution in [0.1, 0.15) is 38.2 Å². The van der Waals surface area contributed by atoms with Gasteiger partial charge in [-0.1, -0.05) is 50.5 Å². The molecule has 2 heteroatoms. The maximum Gasteiger partial charge on any atom is 0.122 e. The molecular formula is C17H27NO. The summed E-state index contributed by atoms with van der Waals surface area (Å²) in [7, 11) is 0. The van der Waals surface area contributed by atoms with E-state index in [0.717, 1.165) is 31.9 Å². The molecule has 19 heavy (non-hydrogen) atoms. The van der Waals surface area contributed by atoms with Crippen molar-refractivity contribution in [1.82, 2.24) is 5.32 Å². The van der Waals surface area contributed by atoms with E-state index >= 15 is 0 Å². The van der Waals surface area contributed by atoms with Gasteiger partial charge in [0, 0.05) is 6.54 Å². The number of allylic oxidation sites excluding steroid dienone is 1. The lowest BCUT2D eigenvalue weighted by molar-refractivity contribution is 0.311. The largest absolute Gasteiger partial charge is 0.492 e. The number of benzene rings is 1. The molecule has 0 aliphatic rings. The smallest absolute Gasteiger partial charge is 0.122 e. The quantitative estimate of drug-likeness (QED) is 0.481. The number of hydrogen-bond donors (Lipinski definition) is 1. The lowest BCUT2D eigenvalue weighted by atomic mass is 10.1. The molecule has 0 amide bonds. The Balaban J connectivity index is 2.13. The second-order valence-electron chi connectivity index (χ2n) is 4.76. The standard InChI is InChI=1S/C17H27NO/c1-3-5-6-9-13-18-14-15-19-17-12-8-7-11-16(17)10-4-2/h4,7-8,11-12,18H,2-3,5-6,9-10,13-15H2,1H3. The molecule has 0 radical (unpaired) electrons. The Labute approximate surface area is 117 Å². The van der Waals surface area contributed by atoms with Gasteiger partial charge in [0.05, 0.1) is 0 Å². The molecule has 0 saturated carbocycles. The Morgan fingerprint density at radius 1 is 1.16 bits per heavy atom. The third-order valence-corrected chi connectivity index (χ3v) is 3.08. The van der Waals surface area contributed by atoms with Crippen molar-refractivity contribution in [2.45, 2.75) is 39.0 Å². The molecule has 106 valence electrons. The molecular weight excluding hydrogens is 234 g/mol. The average Bonchev–Trinajstić information content (AvgIpc) is 2.44. The van der Waals surface area contributed by atoms with Gasteiger partial charge in [-0.3, -0.25) is 0 Å². The van der Waals surface area contributed by atoms with Crippen LogP contribution in [0.5, 0.6) is 5.75 Å². The Morgan fingerprint density at radius 3 is 2.79 bits per heavy atom. The fraction of sp³-hybridized carbons (Fsp3) is 0.529. The van der Waals surface area contributed by atoms with Gasteiger partial charge >= 0.3 is 0 Å². The summed E-state index contributed by atoms with van der Waals surface area (Å²) in [6, 6.07) is 8.17. The summed E-state index contributed by atoms with van der Waals surface area (Å²) in [5, 5.41) is 3.42. The van der Waals surface area contributed by atoms with Crippen LogP contribution in [0.25, 0.3) is 0 Å². The number of para-hydroxylation sites is 1. The van der Waals surface area contributed by atoms with Crippen LogP contribution in [0.15, 0.2) is 36.9 Å². The van der Waals surface area contributed by atoms with Gasteiger partial charge in [0.2, 0.25) is 0 Å². The highest BCUT2D eigenvalue weighted by Gasteiger charge is 2.00. The Hall–Kier alpha value is -1.28. The lowest BCUT2D eigenvalue weighted by Gasteiger charge is -2.10. The van der Waals surface area contributed by atoms with Crippen molar-refractivity contribution in [3.05, 3.63) is 42.5 Å². The summed E-state index contributed by atoms with van der Waals surface area (Å²) in [4.78, 5) is 0. The van der Waals surface area contributed by atoms with Gasteiger partial charge in [0.1, 0.15) is 12.4 Å². The Kier molecular flexibility index (Phi) is 8.82. The van der Waals surface area contributed by atoms with Crippen LogP contribution in [-0.4, -0.2) is 19.7 Å².